The van der Waals surface area contributed by atoms with Crippen molar-refractivity contribution in [1.29, 1.82) is 0 Å². The fourth-order valence-electron chi connectivity index (χ4n) is 0.377. The molecule has 0 aliphatic rings. The van der Waals surface area contributed by atoms with E-state index >= 15 is 0 Å². The molecule has 0 saturated carbocycles. The van der Waals surface area contributed by atoms with E-state index in [4.69, 9.17) is 0 Å². The fourth-order valence-corrected chi connectivity index (χ4v) is 0.377. The number of rotatable bonds is 2. The zero-order valence-corrected chi connectivity index (χ0v) is 9.98. The van der Waals surface area contributed by atoms with Crippen molar-refractivity contribution in [1.82, 2.24) is 0 Å². The van der Waals surface area contributed by atoms with Gasteiger partial charge in [0.05, 0.1) is 0 Å². The summed E-state index contributed by atoms with van der Waals surface area (Å²) in [6, 6.07) is 0. The van der Waals surface area contributed by atoms with Crippen LogP contribution in [0, 0.1) is 0 Å². The number of hydrogen-bond acceptors (Lipinski definition) is 4. The summed E-state index contributed by atoms with van der Waals surface area (Å²) in [5.74, 6) is 0. The molecule has 0 saturated heterocycles. The standard InChI is InChI=1S/2C4H6F3NO/c2*1-3(8-9-2)4(5,6)7/h2*1-2H3/b8-3+;8-3-. The highest BCUT2D eigenvalue weighted by atomic mass is 19.4. The predicted octanol–water partition coefficient (Wildman–Crippen LogP) is 3.14. The molecule has 0 atom stereocenters. The van der Waals surface area contributed by atoms with Crippen LogP contribution in [0.5, 0.6) is 0 Å². The van der Waals surface area contributed by atoms with E-state index in [1.165, 1.54) is 0 Å². The smallest absolute Gasteiger partial charge is 0.399 e. The van der Waals surface area contributed by atoms with Gasteiger partial charge in [-0.1, -0.05) is 10.3 Å². The van der Waals surface area contributed by atoms with Crippen LogP contribution in [0.3, 0.4) is 0 Å². The lowest BCUT2D eigenvalue weighted by molar-refractivity contribution is -0.0628. The quantitative estimate of drug-likeness (QED) is 0.443. The largest absolute Gasteiger partial charge is 0.432 e. The Labute approximate surface area is 99.2 Å². The number of oxime groups is 2. The molecule has 0 amide bonds. The molecule has 0 N–H and O–H groups in total. The van der Waals surface area contributed by atoms with E-state index in [1.807, 2.05) is 0 Å². The number of hydrogen-bond donors (Lipinski definition) is 0. The van der Waals surface area contributed by atoms with Gasteiger partial charge in [-0.2, -0.15) is 26.3 Å². The summed E-state index contributed by atoms with van der Waals surface area (Å²) < 4.78 is 68.6. The first-order valence-electron chi connectivity index (χ1n) is 4.26. The number of nitrogens with zero attached hydrogens (tertiary/aromatic N) is 2. The molecule has 0 bridgehead atoms. The van der Waals surface area contributed by atoms with Gasteiger partial charge < -0.3 is 9.68 Å². The van der Waals surface area contributed by atoms with Crippen molar-refractivity contribution < 1.29 is 36.0 Å². The average molecular weight is 282 g/mol. The Kier molecular flexibility index (Phi) is 8.15. The first kappa shape index (κ1) is 18.9. The first-order chi connectivity index (χ1) is 7.96. The van der Waals surface area contributed by atoms with Crippen LogP contribution in [0.2, 0.25) is 0 Å². The Morgan fingerprint density at radius 1 is 0.722 bits per heavy atom. The zero-order chi connectivity index (χ0) is 15.0. The minimum absolute atomic E-state index is 0.837. The average Bonchev–Trinajstić information content (AvgIpc) is 2.16. The molecule has 0 fully saturated rings. The van der Waals surface area contributed by atoms with E-state index in [1.54, 1.807) is 0 Å². The summed E-state index contributed by atoms with van der Waals surface area (Å²) in [6.45, 7) is 1.67. The van der Waals surface area contributed by atoms with E-state index in [-0.39, 0.29) is 0 Å². The van der Waals surface area contributed by atoms with Crippen molar-refractivity contribution in [2.24, 2.45) is 10.3 Å². The first-order valence-corrected chi connectivity index (χ1v) is 4.26. The minimum Gasteiger partial charge on any atom is -0.399 e. The van der Waals surface area contributed by atoms with Crippen molar-refractivity contribution in [3.05, 3.63) is 0 Å². The van der Waals surface area contributed by atoms with Crippen molar-refractivity contribution in [3.63, 3.8) is 0 Å². The highest BCUT2D eigenvalue weighted by Gasteiger charge is 2.33. The molecule has 0 spiro atoms. The molecular weight excluding hydrogens is 270 g/mol. The molecular formula is C8H12F6N2O2. The van der Waals surface area contributed by atoms with Crippen LogP contribution in [-0.4, -0.2) is 38.0 Å². The van der Waals surface area contributed by atoms with Gasteiger partial charge in [-0.15, -0.1) is 0 Å². The lowest BCUT2D eigenvalue weighted by Crippen LogP contribution is -2.19. The van der Waals surface area contributed by atoms with E-state index in [2.05, 4.69) is 20.0 Å². The summed E-state index contributed by atoms with van der Waals surface area (Å²) >= 11 is 0. The maximum atomic E-state index is 11.4. The van der Waals surface area contributed by atoms with Gasteiger partial charge in [0.2, 0.25) is 0 Å². The second-order valence-corrected chi connectivity index (χ2v) is 2.71. The summed E-state index contributed by atoms with van der Waals surface area (Å²) in [4.78, 5) is 7.80. The van der Waals surface area contributed by atoms with Gasteiger partial charge in [0.25, 0.3) is 0 Å². The van der Waals surface area contributed by atoms with Crippen LogP contribution >= 0.6 is 0 Å². The number of halogens is 6. The number of alkyl halides is 6. The molecule has 108 valence electrons. The second kappa shape index (κ2) is 7.77. The highest BCUT2D eigenvalue weighted by Crippen LogP contribution is 2.17. The Morgan fingerprint density at radius 3 is 1.00 bits per heavy atom. The van der Waals surface area contributed by atoms with Gasteiger partial charge in [-0.05, 0) is 13.8 Å². The van der Waals surface area contributed by atoms with Gasteiger partial charge in [0, 0.05) is 0 Å². The predicted molar refractivity (Wildman–Crippen MR) is 52.3 cm³/mol. The molecule has 10 heteroatoms. The maximum absolute atomic E-state index is 11.4. The van der Waals surface area contributed by atoms with Crippen LogP contribution in [-0.2, 0) is 9.68 Å². The maximum Gasteiger partial charge on any atom is 0.432 e. The molecule has 0 aromatic carbocycles. The third-order valence-corrected chi connectivity index (χ3v) is 1.28. The van der Waals surface area contributed by atoms with E-state index < -0.39 is 23.8 Å². The van der Waals surface area contributed by atoms with Crippen LogP contribution in [0.4, 0.5) is 26.3 Å². The Morgan fingerprint density at radius 2 is 0.944 bits per heavy atom. The SMILES string of the molecule is CO/N=C(/C)C(F)(F)F.CO/N=C(\C)C(F)(F)F. The topological polar surface area (TPSA) is 43.2 Å². The van der Waals surface area contributed by atoms with Crippen molar-refractivity contribution in [2.45, 2.75) is 26.2 Å². The normalized spacial score (nSPS) is 13.7. The molecule has 0 aromatic rings. The van der Waals surface area contributed by atoms with Gasteiger partial charge in [0.1, 0.15) is 14.2 Å². The third kappa shape index (κ3) is 9.73. The van der Waals surface area contributed by atoms with Crippen molar-refractivity contribution in [2.75, 3.05) is 14.2 Å². The van der Waals surface area contributed by atoms with Crippen LogP contribution in [0.25, 0.3) is 0 Å². The van der Waals surface area contributed by atoms with Crippen molar-refractivity contribution >= 4 is 11.4 Å². The molecule has 0 rings (SSSR count). The molecule has 0 heterocycles. The summed E-state index contributed by atoms with van der Waals surface area (Å²) in [5.41, 5.74) is -1.96. The highest BCUT2D eigenvalue weighted by molar-refractivity contribution is 5.87. The molecule has 0 aliphatic heterocycles. The van der Waals surface area contributed by atoms with Crippen molar-refractivity contribution in [3.8, 4) is 0 Å². The molecule has 18 heavy (non-hydrogen) atoms. The van der Waals surface area contributed by atoms with E-state index in [0.717, 1.165) is 28.1 Å². The zero-order valence-electron chi connectivity index (χ0n) is 9.98. The molecule has 4 nitrogen and oxygen atoms in total. The molecule has 0 radical (unpaired) electrons. The van der Waals surface area contributed by atoms with Gasteiger partial charge in [-0.25, -0.2) is 0 Å². The summed E-state index contributed by atoms with van der Waals surface area (Å²) in [6.07, 6.45) is -8.73. The Bertz CT molecular complexity index is 265. The molecule has 0 aliphatic carbocycles. The summed E-state index contributed by atoms with van der Waals surface area (Å²) in [5, 5.41) is 5.38. The fraction of sp³-hybridized carbons (Fsp3) is 0.750. The van der Waals surface area contributed by atoms with Gasteiger partial charge in [-0.3, -0.25) is 0 Å². The van der Waals surface area contributed by atoms with Crippen LogP contribution in [0.1, 0.15) is 13.8 Å². The molecule has 0 aromatic heterocycles. The lowest BCUT2D eigenvalue weighted by atomic mass is 10.4. The van der Waals surface area contributed by atoms with Crippen LogP contribution in [0.15, 0.2) is 10.3 Å². The van der Waals surface area contributed by atoms with Gasteiger partial charge in [0.15, 0.2) is 11.4 Å². The lowest BCUT2D eigenvalue weighted by Gasteiger charge is -2.02. The minimum atomic E-state index is -4.37. The monoisotopic (exact) mass is 282 g/mol. The van der Waals surface area contributed by atoms with E-state index in [9.17, 15) is 26.3 Å². The summed E-state index contributed by atoms with van der Waals surface area (Å²) in [7, 11) is 2.13. The Balaban J connectivity index is 0. The van der Waals surface area contributed by atoms with Crippen LogP contribution < -0.4 is 0 Å². The second-order valence-electron chi connectivity index (χ2n) is 2.71. The third-order valence-electron chi connectivity index (χ3n) is 1.28. The Hall–Kier alpha value is -1.48. The molecule has 0 unspecified atom stereocenters. The van der Waals surface area contributed by atoms with E-state index in [0.29, 0.717) is 0 Å². The van der Waals surface area contributed by atoms with Gasteiger partial charge >= 0.3 is 12.4 Å².